The molecule has 2 aliphatic rings. The molecule has 3 aromatic rings. The molecule has 0 saturated carbocycles. The molecule has 0 amide bonds. The van der Waals surface area contributed by atoms with Gasteiger partial charge in [-0.1, -0.05) is 36.4 Å². The van der Waals surface area contributed by atoms with Crippen LogP contribution in [-0.4, -0.2) is 17.3 Å². The lowest BCUT2D eigenvalue weighted by molar-refractivity contribution is 0.174. The Labute approximate surface area is 178 Å². The maximum absolute atomic E-state index is 13.7. The van der Waals surface area contributed by atoms with Crippen molar-refractivity contribution in [3.8, 4) is 23.3 Å². The smallest absolute Gasteiger partial charge is 0.258 e. The number of pyridine rings is 1. The van der Waals surface area contributed by atoms with Crippen molar-refractivity contribution >= 4 is 5.90 Å². The summed E-state index contributed by atoms with van der Waals surface area (Å²) in [5.41, 5.74) is 2.58. The third-order valence-corrected chi connectivity index (χ3v) is 5.73. The SMILES string of the molecule is Cc1cc2c(c(=O)n1Cc1ccc3c(c1)OCO3)C(c1ccccc1)C(C#N)C(=N)O2. The molecule has 1 aromatic heterocycles. The molecule has 31 heavy (non-hydrogen) atoms. The summed E-state index contributed by atoms with van der Waals surface area (Å²) in [5.74, 6) is 0.102. The molecule has 7 heteroatoms. The summed E-state index contributed by atoms with van der Waals surface area (Å²) in [6, 6.07) is 18.9. The van der Waals surface area contributed by atoms with Gasteiger partial charge in [-0.2, -0.15) is 5.26 Å². The molecule has 154 valence electrons. The van der Waals surface area contributed by atoms with E-state index in [0.29, 0.717) is 35.1 Å². The summed E-state index contributed by atoms with van der Waals surface area (Å²) in [4.78, 5) is 13.7. The number of aryl methyl sites for hydroxylation is 1. The van der Waals surface area contributed by atoms with Crippen molar-refractivity contribution in [3.63, 3.8) is 0 Å². The van der Waals surface area contributed by atoms with Crippen LogP contribution >= 0.6 is 0 Å². The number of hydrogen-bond acceptors (Lipinski definition) is 6. The zero-order valence-corrected chi connectivity index (χ0v) is 16.8. The summed E-state index contributed by atoms with van der Waals surface area (Å²) < 4.78 is 18.1. The highest BCUT2D eigenvalue weighted by Gasteiger charge is 2.39. The molecule has 3 heterocycles. The molecule has 0 aliphatic carbocycles. The van der Waals surface area contributed by atoms with Crippen LogP contribution in [0.4, 0.5) is 0 Å². The minimum Gasteiger partial charge on any atom is -0.454 e. The number of hydrogen-bond donors (Lipinski definition) is 1. The van der Waals surface area contributed by atoms with Gasteiger partial charge in [0.1, 0.15) is 11.7 Å². The van der Waals surface area contributed by atoms with Gasteiger partial charge in [-0.3, -0.25) is 10.2 Å². The first-order chi connectivity index (χ1) is 15.1. The molecule has 7 nitrogen and oxygen atoms in total. The van der Waals surface area contributed by atoms with Crippen molar-refractivity contribution in [2.24, 2.45) is 5.92 Å². The van der Waals surface area contributed by atoms with Gasteiger partial charge >= 0.3 is 0 Å². The number of nitrogens with zero attached hydrogens (tertiary/aromatic N) is 2. The zero-order chi connectivity index (χ0) is 21.5. The topological polar surface area (TPSA) is 97.3 Å². The summed E-state index contributed by atoms with van der Waals surface area (Å²) in [6.07, 6.45) is 0. The summed E-state index contributed by atoms with van der Waals surface area (Å²) in [5, 5.41) is 18.0. The average Bonchev–Trinajstić information content (AvgIpc) is 3.24. The van der Waals surface area contributed by atoms with E-state index in [1.54, 1.807) is 10.6 Å². The van der Waals surface area contributed by atoms with Gasteiger partial charge < -0.3 is 18.8 Å². The normalized spacial score (nSPS) is 18.8. The predicted molar refractivity (Wildman–Crippen MR) is 113 cm³/mol. The van der Waals surface area contributed by atoms with Gasteiger partial charge in [0.25, 0.3) is 5.56 Å². The van der Waals surface area contributed by atoms with Crippen molar-refractivity contribution in [2.45, 2.75) is 19.4 Å². The van der Waals surface area contributed by atoms with Crippen molar-refractivity contribution in [1.82, 2.24) is 4.57 Å². The quantitative estimate of drug-likeness (QED) is 0.708. The Morgan fingerprint density at radius 3 is 2.65 bits per heavy atom. The molecule has 0 saturated heterocycles. The highest BCUT2D eigenvalue weighted by molar-refractivity contribution is 5.85. The van der Waals surface area contributed by atoms with Gasteiger partial charge in [0.2, 0.25) is 12.7 Å². The third-order valence-electron chi connectivity index (χ3n) is 5.73. The Morgan fingerprint density at radius 1 is 1.10 bits per heavy atom. The van der Waals surface area contributed by atoms with E-state index in [1.165, 1.54) is 0 Å². The van der Waals surface area contributed by atoms with Crippen molar-refractivity contribution < 1.29 is 14.2 Å². The van der Waals surface area contributed by atoms with Gasteiger partial charge in [-0.15, -0.1) is 0 Å². The van der Waals surface area contributed by atoms with E-state index in [9.17, 15) is 10.1 Å². The van der Waals surface area contributed by atoms with E-state index in [0.717, 1.165) is 11.1 Å². The standard InChI is InChI=1S/C24H19N3O4/c1-14-9-20-22(21(16-5-3-2-4-6-16)17(11-25)23(26)31-20)24(28)27(14)12-15-7-8-18-19(10-15)30-13-29-18/h2-10,17,21,26H,12-13H2,1H3. The van der Waals surface area contributed by atoms with Gasteiger partial charge in [0, 0.05) is 17.7 Å². The number of benzene rings is 2. The number of rotatable bonds is 3. The van der Waals surface area contributed by atoms with E-state index in [1.807, 2.05) is 55.5 Å². The summed E-state index contributed by atoms with van der Waals surface area (Å²) in [7, 11) is 0. The van der Waals surface area contributed by atoms with E-state index in [2.05, 4.69) is 6.07 Å². The van der Waals surface area contributed by atoms with Crippen LogP contribution in [0.5, 0.6) is 17.2 Å². The molecule has 1 N–H and O–H groups in total. The minimum atomic E-state index is -0.871. The summed E-state index contributed by atoms with van der Waals surface area (Å²) >= 11 is 0. The molecule has 0 bridgehead atoms. The highest BCUT2D eigenvalue weighted by Crippen LogP contribution is 2.40. The second-order valence-electron chi connectivity index (χ2n) is 7.60. The van der Waals surface area contributed by atoms with Gasteiger partial charge in [0.15, 0.2) is 11.5 Å². The fourth-order valence-corrected chi connectivity index (χ4v) is 4.20. The van der Waals surface area contributed by atoms with Crippen LogP contribution < -0.4 is 19.8 Å². The molecule has 0 fully saturated rings. The monoisotopic (exact) mass is 413 g/mol. The lowest BCUT2D eigenvalue weighted by atomic mass is 9.79. The second kappa shape index (κ2) is 7.33. The molecule has 0 spiro atoms. The fraction of sp³-hybridized carbons (Fsp3) is 0.208. The van der Waals surface area contributed by atoms with Crippen molar-refractivity contribution in [2.75, 3.05) is 6.79 Å². The van der Waals surface area contributed by atoms with E-state index in [-0.39, 0.29) is 18.2 Å². The molecule has 2 unspecified atom stereocenters. The second-order valence-corrected chi connectivity index (χ2v) is 7.60. The Morgan fingerprint density at radius 2 is 1.87 bits per heavy atom. The first kappa shape index (κ1) is 18.9. The molecule has 0 radical (unpaired) electrons. The highest BCUT2D eigenvalue weighted by atomic mass is 16.7. The number of nitrogens with one attached hydrogen (secondary N) is 1. The van der Waals surface area contributed by atoms with Crippen LogP contribution in [0.15, 0.2) is 59.4 Å². The molecule has 2 aromatic carbocycles. The van der Waals surface area contributed by atoms with Crippen LogP contribution in [0.1, 0.15) is 28.3 Å². The molecular formula is C24H19N3O4. The predicted octanol–water partition coefficient (Wildman–Crippen LogP) is 3.58. The first-order valence-corrected chi connectivity index (χ1v) is 9.90. The Kier molecular flexibility index (Phi) is 4.48. The number of fused-ring (bicyclic) bond motifs is 2. The van der Waals surface area contributed by atoms with Crippen LogP contribution in [-0.2, 0) is 6.54 Å². The Balaban J connectivity index is 1.64. The van der Waals surface area contributed by atoms with E-state index in [4.69, 9.17) is 19.6 Å². The lowest BCUT2D eigenvalue weighted by Gasteiger charge is -2.30. The van der Waals surface area contributed by atoms with Crippen LogP contribution in [0, 0.1) is 29.6 Å². The maximum atomic E-state index is 13.7. The zero-order valence-electron chi connectivity index (χ0n) is 16.8. The van der Waals surface area contributed by atoms with Crippen molar-refractivity contribution in [1.29, 1.82) is 10.7 Å². The molecular weight excluding hydrogens is 394 g/mol. The van der Waals surface area contributed by atoms with Gasteiger partial charge in [-0.25, -0.2) is 0 Å². The number of nitriles is 1. The summed E-state index contributed by atoms with van der Waals surface area (Å²) in [6.45, 7) is 2.36. The van der Waals surface area contributed by atoms with E-state index < -0.39 is 11.8 Å². The first-order valence-electron chi connectivity index (χ1n) is 9.90. The third kappa shape index (κ3) is 3.13. The Hall–Kier alpha value is -4.05. The average molecular weight is 413 g/mol. The van der Waals surface area contributed by atoms with Crippen LogP contribution in [0.3, 0.4) is 0 Å². The van der Waals surface area contributed by atoms with Crippen molar-refractivity contribution in [3.05, 3.63) is 87.3 Å². The molecule has 2 aliphatic heterocycles. The van der Waals surface area contributed by atoms with Crippen LogP contribution in [0.2, 0.25) is 0 Å². The largest absolute Gasteiger partial charge is 0.454 e. The number of ether oxygens (including phenoxy) is 3. The fourth-order valence-electron chi connectivity index (χ4n) is 4.20. The Bertz CT molecular complexity index is 1290. The van der Waals surface area contributed by atoms with Gasteiger partial charge in [-0.05, 0) is 30.2 Å². The number of aromatic nitrogens is 1. The molecule has 5 rings (SSSR count). The van der Waals surface area contributed by atoms with Crippen LogP contribution in [0.25, 0.3) is 0 Å². The molecule has 2 atom stereocenters. The van der Waals surface area contributed by atoms with E-state index >= 15 is 0 Å². The van der Waals surface area contributed by atoms with Gasteiger partial charge in [0.05, 0.1) is 18.2 Å². The minimum absolute atomic E-state index is 0.142. The lowest BCUT2D eigenvalue weighted by Crippen LogP contribution is -2.38. The maximum Gasteiger partial charge on any atom is 0.258 e.